The topological polar surface area (TPSA) is 60.5 Å². The molecule has 4 rings (SSSR count). The molecular weight excluding hydrogens is 371 g/mol. The summed E-state index contributed by atoms with van der Waals surface area (Å²) in [5.74, 6) is 1.25. The fourth-order valence-electron chi connectivity index (χ4n) is 4.66. The molecule has 0 bridgehead atoms. The van der Waals surface area contributed by atoms with Gasteiger partial charge in [-0.25, -0.2) is 4.98 Å². The molecule has 1 aromatic rings. The van der Waals surface area contributed by atoms with Crippen LogP contribution in [0.25, 0.3) is 0 Å². The Morgan fingerprint density at radius 1 is 1.11 bits per heavy atom. The van der Waals surface area contributed by atoms with E-state index in [9.17, 15) is 18.0 Å². The van der Waals surface area contributed by atoms with Crippen LogP contribution >= 0.6 is 0 Å². The number of halogens is 3. The van der Waals surface area contributed by atoms with Gasteiger partial charge < -0.3 is 9.80 Å². The maximum atomic E-state index is 13.1. The van der Waals surface area contributed by atoms with E-state index in [0.29, 0.717) is 37.9 Å². The Hall–Kier alpha value is -1.87. The molecule has 3 unspecified atom stereocenters. The second kappa shape index (κ2) is 7.87. The summed E-state index contributed by atoms with van der Waals surface area (Å²) in [6.45, 7) is 3.43. The molecule has 2 N–H and O–H groups in total. The molecule has 2 saturated heterocycles. The number of amides is 1. The highest BCUT2D eigenvalue weighted by Gasteiger charge is 2.41. The summed E-state index contributed by atoms with van der Waals surface area (Å²) in [6, 6.07) is 2.69. The van der Waals surface area contributed by atoms with Gasteiger partial charge in [-0.2, -0.15) is 13.2 Å². The molecule has 1 aliphatic carbocycles. The third-order valence-electron chi connectivity index (χ3n) is 6.19. The number of carbonyl (C=O) groups is 1. The second-order valence-corrected chi connectivity index (χ2v) is 7.92. The zero-order valence-electron chi connectivity index (χ0n) is 15.7. The third-order valence-corrected chi connectivity index (χ3v) is 6.19. The molecule has 0 spiro atoms. The minimum absolute atomic E-state index is 0.00416. The molecule has 9 heteroatoms. The van der Waals surface area contributed by atoms with Crippen molar-refractivity contribution in [2.75, 3.05) is 37.6 Å². The molecule has 3 aliphatic rings. The lowest BCUT2D eigenvalue weighted by Crippen LogP contribution is -2.49. The fourth-order valence-corrected chi connectivity index (χ4v) is 4.66. The highest BCUT2D eigenvalue weighted by Crippen LogP contribution is 2.33. The summed E-state index contributed by atoms with van der Waals surface area (Å²) in [4.78, 5) is 21.0. The van der Waals surface area contributed by atoms with Crippen LogP contribution < -0.4 is 15.8 Å². The predicted molar refractivity (Wildman–Crippen MR) is 98.4 cm³/mol. The number of nitrogens with one attached hydrogen (secondary N) is 2. The van der Waals surface area contributed by atoms with E-state index < -0.39 is 11.7 Å². The van der Waals surface area contributed by atoms with E-state index in [1.165, 1.54) is 6.07 Å². The van der Waals surface area contributed by atoms with Crippen LogP contribution in [-0.2, 0) is 11.0 Å². The van der Waals surface area contributed by atoms with Gasteiger partial charge in [-0.15, -0.1) is 0 Å². The van der Waals surface area contributed by atoms with Crippen LogP contribution in [0.4, 0.5) is 19.0 Å². The largest absolute Gasteiger partial charge is 0.417 e. The van der Waals surface area contributed by atoms with Crippen LogP contribution in [0.15, 0.2) is 18.3 Å². The van der Waals surface area contributed by atoms with Gasteiger partial charge in [0, 0.05) is 45.0 Å². The lowest BCUT2D eigenvalue weighted by molar-refractivity contribution is -0.138. The van der Waals surface area contributed by atoms with E-state index in [1.54, 1.807) is 0 Å². The Balaban J connectivity index is 1.39. The van der Waals surface area contributed by atoms with Crippen LogP contribution in [0.5, 0.6) is 0 Å². The molecule has 3 fully saturated rings. The highest BCUT2D eigenvalue weighted by atomic mass is 19.4. The first-order chi connectivity index (χ1) is 13.4. The molecule has 2 aliphatic heterocycles. The number of alkyl halides is 3. The Morgan fingerprint density at radius 2 is 1.96 bits per heavy atom. The smallest absolute Gasteiger partial charge is 0.355 e. The minimum Gasteiger partial charge on any atom is -0.355 e. The normalized spacial score (nSPS) is 28.8. The number of rotatable bonds is 2. The molecule has 1 saturated carbocycles. The van der Waals surface area contributed by atoms with Gasteiger partial charge in [-0.05, 0) is 37.3 Å². The number of hydrogen-bond donors (Lipinski definition) is 2. The molecular formula is C19H26F3N5O. The Kier molecular flexibility index (Phi) is 5.46. The predicted octanol–water partition coefficient (Wildman–Crippen LogP) is 2.03. The van der Waals surface area contributed by atoms with E-state index >= 15 is 0 Å². The van der Waals surface area contributed by atoms with Gasteiger partial charge >= 0.3 is 6.18 Å². The van der Waals surface area contributed by atoms with Crippen LogP contribution in [0.2, 0.25) is 0 Å². The SMILES string of the molecule is O=C(C1CCCC2CNNC21)N1CCCN(c2ccc(C(F)(F)F)cn2)CC1. The van der Waals surface area contributed by atoms with Crippen LogP contribution in [0, 0.1) is 11.8 Å². The summed E-state index contributed by atoms with van der Waals surface area (Å²) >= 11 is 0. The molecule has 6 nitrogen and oxygen atoms in total. The van der Waals surface area contributed by atoms with Crippen molar-refractivity contribution >= 4 is 11.7 Å². The van der Waals surface area contributed by atoms with Crippen molar-refractivity contribution in [1.29, 1.82) is 0 Å². The molecule has 28 heavy (non-hydrogen) atoms. The first kappa shape index (κ1) is 19.4. The van der Waals surface area contributed by atoms with Gasteiger partial charge in [0.05, 0.1) is 11.5 Å². The van der Waals surface area contributed by atoms with Crippen LogP contribution in [0.1, 0.15) is 31.2 Å². The van der Waals surface area contributed by atoms with Crippen molar-refractivity contribution < 1.29 is 18.0 Å². The number of hydrazine groups is 1. The lowest BCUT2D eigenvalue weighted by atomic mass is 9.77. The average Bonchev–Trinajstić information content (AvgIpc) is 3.03. The Morgan fingerprint density at radius 3 is 2.71 bits per heavy atom. The Bertz CT molecular complexity index is 696. The number of nitrogens with zero attached hydrogens (tertiary/aromatic N) is 3. The highest BCUT2D eigenvalue weighted by molar-refractivity contribution is 5.80. The number of carbonyl (C=O) groups excluding carboxylic acids is 1. The minimum atomic E-state index is -4.38. The number of pyridine rings is 1. The summed E-state index contributed by atoms with van der Waals surface area (Å²) < 4.78 is 38.2. The first-order valence-corrected chi connectivity index (χ1v) is 9.99. The molecule has 3 heterocycles. The van der Waals surface area contributed by atoms with Crippen molar-refractivity contribution in [2.45, 2.75) is 37.9 Å². The zero-order valence-corrected chi connectivity index (χ0v) is 15.7. The molecule has 1 aromatic heterocycles. The molecule has 0 aromatic carbocycles. The molecule has 154 valence electrons. The second-order valence-electron chi connectivity index (χ2n) is 7.92. The third kappa shape index (κ3) is 3.96. The number of aromatic nitrogens is 1. The summed E-state index contributed by atoms with van der Waals surface area (Å²) in [7, 11) is 0. The van der Waals surface area contributed by atoms with Gasteiger partial charge in [0.2, 0.25) is 5.91 Å². The zero-order chi connectivity index (χ0) is 19.7. The quantitative estimate of drug-likeness (QED) is 0.800. The van der Waals surface area contributed by atoms with Gasteiger partial charge in [-0.1, -0.05) is 6.42 Å². The number of hydrogen-bond acceptors (Lipinski definition) is 5. The standard InChI is InChI=1S/C19H26F3N5O/c20-19(21,22)14-5-6-16(23-12-14)26-7-2-8-27(10-9-26)18(28)15-4-1-3-13-11-24-25-17(13)15/h5-6,12-13,15,17,24-25H,1-4,7-11H2. The first-order valence-electron chi connectivity index (χ1n) is 9.99. The maximum Gasteiger partial charge on any atom is 0.417 e. The maximum absolute atomic E-state index is 13.1. The van der Waals surface area contributed by atoms with E-state index in [1.807, 2.05) is 9.80 Å². The van der Waals surface area contributed by atoms with Crippen molar-refractivity contribution in [2.24, 2.45) is 11.8 Å². The van der Waals surface area contributed by atoms with Gasteiger partial charge in [0.15, 0.2) is 0 Å². The van der Waals surface area contributed by atoms with E-state index in [-0.39, 0.29) is 17.9 Å². The summed E-state index contributed by atoms with van der Waals surface area (Å²) in [5, 5.41) is 0. The summed E-state index contributed by atoms with van der Waals surface area (Å²) in [5.41, 5.74) is 5.73. The van der Waals surface area contributed by atoms with Gasteiger partial charge in [0.25, 0.3) is 0 Å². The molecule has 0 radical (unpaired) electrons. The molecule has 3 atom stereocenters. The fraction of sp³-hybridized carbons (Fsp3) is 0.684. The lowest BCUT2D eigenvalue weighted by Gasteiger charge is -2.35. The average molecular weight is 397 g/mol. The van der Waals surface area contributed by atoms with Crippen molar-refractivity contribution in [3.05, 3.63) is 23.9 Å². The number of anilines is 1. The van der Waals surface area contributed by atoms with Gasteiger partial charge in [0.1, 0.15) is 5.82 Å². The van der Waals surface area contributed by atoms with E-state index in [0.717, 1.165) is 44.5 Å². The van der Waals surface area contributed by atoms with Crippen LogP contribution in [-0.4, -0.2) is 54.6 Å². The van der Waals surface area contributed by atoms with Gasteiger partial charge in [-0.3, -0.25) is 15.6 Å². The van der Waals surface area contributed by atoms with Crippen molar-refractivity contribution in [1.82, 2.24) is 20.7 Å². The molecule has 1 amide bonds. The van der Waals surface area contributed by atoms with Crippen LogP contribution in [0.3, 0.4) is 0 Å². The summed E-state index contributed by atoms with van der Waals surface area (Å²) in [6.07, 6.45) is 0.424. The number of fused-ring (bicyclic) bond motifs is 1. The van der Waals surface area contributed by atoms with E-state index in [4.69, 9.17) is 0 Å². The Labute approximate surface area is 162 Å². The van der Waals surface area contributed by atoms with Crippen molar-refractivity contribution in [3.8, 4) is 0 Å². The monoisotopic (exact) mass is 397 g/mol. The van der Waals surface area contributed by atoms with Crippen molar-refractivity contribution in [3.63, 3.8) is 0 Å². The van der Waals surface area contributed by atoms with E-state index in [2.05, 4.69) is 15.8 Å².